The van der Waals surface area contributed by atoms with Gasteiger partial charge >= 0.3 is 0 Å². The summed E-state index contributed by atoms with van der Waals surface area (Å²) >= 11 is 0. The molecule has 2 atom stereocenters. The van der Waals surface area contributed by atoms with E-state index in [1.807, 2.05) is 6.92 Å². The Labute approximate surface area is 74.1 Å². The third kappa shape index (κ3) is 3.52. The van der Waals surface area contributed by atoms with Gasteiger partial charge in [0.1, 0.15) is 0 Å². The van der Waals surface area contributed by atoms with Crippen molar-refractivity contribution in [3.8, 4) is 0 Å². The monoisotopic (exact) mass is 173 g/mol. The van der Waals surface area contributed by atoms with Crippen LogP contribution in [-0.2, 0) is 4.74 Å². The second-order valence-corrected chi connectivity index (χ2v) is 3.39. The molecule has 0 bridgehead atoms. The summed E-state index contributed by atoms with van der Waals surface area (Å²) in [5.74, 6) is 0. The maximum atomic E-state index is 9.19. The highest BCUT2D eigenvalue weighted by atomic mass is 16.5. The van der Waals surface area contributed by atoms with Crippen LogP contribution >= 0.6 is 0 Å². The van der Waals surface area contributed by atoms with Crippen LogP contribution in [0.25, 0.3) is 0 Å². The van der Waals surface area contributed by atoms with E-state index >= 15 is 0 Å². The van der Waals surface area contributed by atoms with Crippen molar-refractivity contribution in [1.82, 2.24) is 5.32 Å². The predicted octanol–water partition coefficient (Wildman–Crippen LogP) is 0.526. The summed E-state index contributed by atoms with van der Waals surface area (Å²) in [5.41, 5.74) is 0. The van der Waals surface area contributed by atoms with E-state index in [9.17, 15) is 5.11 Å². The van der Waals surface area contributed by atoms with Gasteiger partial charge in [0, 0.05) is 6.04 Å². The first-order valence-corrected chi connectivity index (χ1v) is 4.82. The van der Waals surface area contributed by atoms with E-state index in [-0.39, 0.29) is 6.10 Å². The Balaban J connectivity index is 1.94. The summed E-state index contributed by atoms with van der Waals surface area (Å²) in [4.78, 5) is 0. The Bertz CT molecular complexity index is 113. The molecule has 0 aromatic heterocycles. The van der Waals surface area contributed by atoms with Crippen molar-refractivity contribution in [2.75, 3.05) is 19.8 Å². The Morgan fingerprint density at radius 3 is 3.08 bits per heavy atom. The first kappa shape index (κ1) is 9.96. The van der Waals surface area contributed by atoms with E-state index in [1.165, 1.54) is 12.8 Å². The second kappa shape index (κ2) is 5.51. The number of ether oxygens (including phenoxy) is 1. The minimum absolute atomic E-state index is 0.286. The molecule has 2 unspecified atom stereocenters. The van der Waals surface area contributed by atoms with Gasteiger partial charge in [-0.25, -0.2) is 0 Å². The molecule has 1 fully saturated rings. The molecule has 0 aliphatic carbocycles. The summed E-state index contributed by atoms with van der Waals surface area (Å²) in [5, 5.41) is 12.5. The molecule has 0 saturated carbocycles. The Morgan fingerprint density at radius 2 is 2.50 bits per heavy atom. The fourth-order valence-corrected chi connectivity index (χ4v) is 1.36. The maximum absolute atomic E-state index is 9.19. The summed E-state index contributed by atoms with van der Waals surface area (Å²) in [6.45, 7) is 4.30. The van der Waals surface area contributed by atoms with Crippen LogP contribution in [-0.4, -0.2) is 37.0 Å². The van der Waals surface area contributed by atoms with Gasteiger partial charge in [-0.3, -0.25) is 0 Å². The molecule has 1 rings (SSSR count). The number of hydrogen-bond acceptors (Lipinski definition) is 3. The molecule has 3 heteroatoms. The van der Waals surface area contributed by atoms with Crippen molar-refractivity contribution in [1.29, 1.82) is 0 Å². The van der Waals surface area contributed by atoms with Gasteiger partial charge in [0.25, 0.3) is 0 Å². The molecule has 0 radical (unpaired) electrons. The van der Waals surface area contributed by atoms with Crippen molar-refractivity contribution in [3.05, 3.63) is 0 Å². The molecule has 1 aliphatic rings. The molecule has 1 heterocycles. The third-order valence-electron chi connectivity index (χ3n) is 2.26. The molecular formula is C9H19NO2. The van der Waals surface area contributed by atoms with Gasteiger partial charge in [0.2, 0.25) is 0 Å². The lowest BCUT2D eigenvalue weighted by Gasteiger charge is -2.12. The van der Waals surface area contributed by atoms with Crippen molar-refractivity contribution >= 4 is 0 Å². The quantitative estimate of drug-likeness (QED) is 0.637. The topological polar surface area (TPSA) is 41.5 Å². The lowest BCUT2D eigenvalue weighted by molar-refractivity contribution is 0.0277. The van der Waals surface area contributed by atoms with E-state index in [1.54, 1.807) is 0 Å². The van der Waals surface area contributed by atoms with Gasteiger partial charge in [-0.15, -0.1) is 0 Å². The van der Waals surface area contributed by atoms with Crippen LogP contribution in [0.1, 0.15) is 26.2 Å². The van der Waals surface area contributed by atoms with Crippen molar-refractivity contribution in [3.63, 3.8) is 0 Å². The zero-order valence-electron chi connectivity index (χ0n) is 7.75. The van der Waals surface area contributed by atoms with Crippen LogP contribution in [0.3, 0.4) is 0 Å². The van der Waals surface area contributed by atoms with Crippen LogP contribution < -0.4 is 5.32 Å². The van der Waals surface area contributed by atoms with Crippen LogP contribution in [0.5, 0.6) is 0 Å². The van der Waals surface area contributed by atoms with Gasteiger partial charge in [-0.1, -0.05) is 6.92 Å². The Kier molecular flexibility index (Phi) is 4.58. The minimum Gasteiger partial charge on any atom is -0.391 e. The summed E-state index contributed by atoms with van der Waals surface area (Å²) < 4.78 is 5.36. The predicted molar refractivity (Wildman–Crippen MR) is 48.1 cm³/mol. The van der Waals surface area contributed by atoms with Crippen LogP contribution in [0.4, 0.5) is 0 Å². The molecule has 1 aliphatic heterocycles. The van der Waals surface area contributed by atoms with Gasteiger partial charge in [-0.05, 0) is 25.8 Å². The number of hydrogen-bond donors (Lipinski definition) is 2. The fourth-order valence-electron chi connectivity index (χ4n) is 1.36. The van der Waals surface area contributed by atoms with Crippen molar-refractivity contribution in [2.45, 2.75) is 38.3 Å². The highest BCUT2D eigenvalue weighted by Crippen LogP contribution is 2.05. The smallest absolute Gasteiger partial charge is 0.0771 e. The Morgan fingerprint density at radius 1 is 1.67 bits per heavy atom. The summed E-state index contributed by atoms with van der Waals surface area (Å²) in [6, 6.07) is 0.522. The van der Waals surface area contributed by atoms with Crippen LogP contribution in [0.2, 0.25) is 0 Å². The number of aliphatic hydroxyl groups excluding tert-OH is 1. The summed E-state index contributed by atoms with van der Waals surface area (Å²) in [7, 11) is 0. The highest BCUT2D eigenvalue weighted by Gasteiger charge is 2.13. The number of aliphatic hydroxyl groups is 1. The van der Waals surface area contributed by atoms with Crippen molar-refractivity contribution < 1.29 is 9.84 Å². The van der Waals surface area contributed by atoms with E-state index in [2.05, 4.69) is 5.32 Å². The fraction of sp³-hybridized carbons (Fsp3) is 1.00. The molecule has 12 heavy (non-hydrogen) atoms. The van der Waals surface area contributed by atoms with Crippen molar-refractivity contribution in [2.24, 2.45) is 0 Å². The van der Waals surface area contributed by atoms with E-state index in [4.69, 9.17) is 4.74 Å². The average Bonchev–Trinajstić information content (AvgIpc) is 2.57. The third-order valence-corrected chi connectivity index (χ3v) is 2.26. The molecule has 0 aromatic carbocycles. The first-order chi connectivity index (χ1) is 5.83. The lowest BCUT2D eigenvalue weighted by Crippen LogP contribution is -2.28. The molecule has 72 valence electrons. The highest BCUT2D eigenvalue weighted by molar-refractivity contribution is 4.73. The normalized spacial score (nSPS) is 26.0. The van der Waals surface area contributed by atoms with Crippen LogP contribution in [0.15, 0.2) is 0 Å². The lowest BCUT2D eigenvalue weighted by atomic mass is 10.2. The maximum Gasteiger partial charge on any atom is 0.0771 e. The molecule has 0 spiro atoms. The molecule has 3 nitrogen and oxygen atoms in total. The zero-order chi connectivity index (χ0) is 8.81. The number of rotatable bonds is 5. The zero-order valence-corrected chi connectivity index (χ0v) is 7.75. The minimum atomic E-state index is -0.286. The molecule has 2 N–H and O–H groups in total. The standard InChI is InChI=1S/C9H19NO2/c1-2-9(11)7-12-6-8-4-3-5-10-8/h8-11H,2-7H2,1H3. The van der Waals surface area contributed by atoms with Gasteiger partial charge < -0.3 is 15.2 Å². The SMILES string of the molecule is CCC(O)COCC1CCCN1. The van der Waals surface area contributed by atoms with E-state index < -0.39 is 0 Å². The van der Waals surface area contributed by atoms with E-state index in [0.29, 0.717) is 12.6 Å². The van der Waals surface area contributed by atoms with Gasteiger partial charge in [0.05, 0.1) is 19.3 Å². The number of nitrogens with one attached hydrogen (secondary N) is 1. The van der Waals surface area contributed by atoms with E-state index in [0.717, 1.165) is 19.6 Å². The first-order valence-electron chi connectivity index (χ1n) is 4.82. The van der Waals surface area contributed by atoms with Crippen LogP contribution in [0, 0.1) is 0 Å². The summed E-state index contributed by atoms with van der Waals surface area (Å²) in [6.07, 6.45) is 2.96. The molecule has 0 aromatic rings. The average molecular weight is 173 g/mol. The molecular weight excluding hydrogens is 154 g/mol. The molecule has 0 amide bonds. The largest absolute Gasteiger partial charge is 0.391 e. The molecule has 1 saturated heterocycles. The Hall–Kier alpha value is -0.120. The second-order valence-electron chi connectivity index (χ2n) is 3.39. The van der Waals surface area contributed by atoms with Gasteiger partial charge in [0.15, 0.2) is 0 Å². The van der Waals surface area contributed by atoms with Gasteiger partial charge in [-0.2, -0.15) is 0 Å².